The number of hydrogen-bond acceptors (Lipinski definition) is 8. The van der Waals surface area contributed by atoms with Crippen LogP contribution in [0.3, 0.4) is 0 Å². The highest BCUT2D eigenvalue weighted by molar-refractivity contribution is 5.99. The Labute approximate surface area is 173 Å². The number of esters is 1. The zero-order chi connectivity index (χ0) is 21.5. The number of amides is 3. The second-order valence-electron chi connectivity index (χ2n) is 7.09. The fourth-order valence-corrected chi connectivity index (χ4v) is 3.15. The summed E-state index contributed by atoms with van der Waals surface area (Å²) in [5.74, 6) is -0.228. The molecule has 2 aliphatic rings. The van der Waals surface area contributed by atoms with Crippen LogP contribution in [0.2, 0.25) is 0 Å². The first-order valence-corrected chi connectivity index (χ1v) is 9.80. The van der Waals surface area contributed by atoms with Gasteiger partial charge in [-0.05, 0) is 44.9 Å². The fourth-order valence-electron chi connectivity index (χ4n) is 3.15. The van der Waals surface area contributed by atoms with Gasteiger partial charge in [-0.1, -0.05) is 18.0 Å². The van der Waals surface area contributed by atoms with Crippen molar-refractivity contribution in [3.8, 4) is 11.5 Å². The lowest BCUT2D eigenvalue weighted by atomic mass is 10.1. The van der Waals surface area contributed by atoms with Gasteiger partial charge in [0.2, 0.25) is 13.4 Å². The first-order chi connectivity index (χ1) is 14.4. The van der Waals surface area contributed by atoms with Crippen LogP contribution < -0.4 is 20.1 Å². The third-order valence-electron chi connectivity index (χ3n) is 4.78. The van der Waals surface area contributed by atoms with Crippen molar-refractivity contribution in [3.63, 3.8) is 0 Å². The maximum Gasteiger partial charge on any atom is 0.347 e. The fraction of sp³-hybridized carbons (Fsp3) is 0.500. The Kier molecular flexibility index (Phi) is 7.10. The molecule has 0 radical (unpaired) electrons. The number of ether oxygens (including phenoxy) is 3. The normalized spacial score (nSPS) is 16.7. The Morgan fingerprint density at radius 1 is 1.20 bits per heavy atom. The van der Waals surface area contributed by atoms with Gasteiger partial charge in [0.1, 0.15) is 0 Å². The first kappa shape index (κ1) is 21.4. The van der Waals surface area contributed by atoms with E-state index in [9.17, 15) is 14.4 Å². The number of fused-ring (bicyclic) bond motifs is 1. The maximum atomic E-state index is 12.0. The number of carbonyl (C=O) groups excluding carboxylic acids is 3. The molecule has 3 rings (SSSR count). The number of benzene rings is 1. The molecule has 1 heterocycles. The van der Waals surface area contributed by atoms with Crippen molar-refractivity contribution in [1.82, 2.24) is 10.6 Å². The summed E-state index contributed by atoms with van der Waals surface area (Å²) in [5, 5.41) is 8.77. The van der Waals surface area contributed by atoms with E-state index in [1.165, 1.54) is 6.92 Å². The van der Waals surface area contributed by atoms with E-state index in [2.05, 4.69) is 15.8 Å². The quantitative estimate of drug-likeness (QED) is 0.393. The average molecular weight is 419 g/mol. The van der Waals surface area contributed by atoms with Gasteiger partial charge in [-0.15, -0.1) is 0 Å². The number of carbonyl (C=O) groups is 3. The Hall–Kier alpha value is -3.30. The second-order valence-corrected chi connectivity index (χ2v) is 7.09. The molecule has 0 spiro atoms. The number of oxime groups is 1. The van der Waals surface area contributed by atoms with E-state index in [0.29, 0.717) is 17.2 Å². The first-order valence-electron chi connectivity index (χ1n) is 9.80. The van der Waals surface area contributed by atoms with Crippen molar-refractivity contribution in [2.75, 3.05) is 13.4 Å². The monoisotopic (exact) mass is 419 g/mol. The van der Waals surface area contributed by atoms with Crippen LogP contribution in [0.5, 0.6) is 11.5 Å². The number of nitrogens with zero attached hydrogens (tertiary/aromatic N) is 1. The van der Waals surface area contributed by atoms with E-state index in [1.807, 2.05) is 0 Å². The van der Waals surface area contributed by atoms with Crippen molar-refractivity contribution in [1.29, 1.82) is 0 Å². The molecule has 1 aliphatic heterocycles. The summed E-state index contributed by atoms with van der Waals surface area (Å²) in [7, 11) is 0. The van der Waals surface area contributed by atoms with Crippen LogP contribution in [0.25, 0.3) is 0 Å². The standard InChI is InChI=1S/C20H25N3O7/c1-12(14-7-8-16-17(9-14)28-11-27-16)23-29-10-18(24)30-13(2)19(25)22-20(26)21-15-5-3-4-6-15/h7-9,13,15H,3-6,10-11H2,1-2H3,(H2,21,22,25,26)/b23-12+. The molecule has 162 valence electrons. The molecular weight excluding hydrogens is 394 g/mol. The number of rotatable bonds is 7. The molecule has 1 fully saturated rings. The molecule has 1 aliphatic carbocycles. The topological polar surface area (TPSA) is 125 Å². The maximum absolute atomic E-state index is 12.0. The minimum absolute atomic E-state index is 0.0786. The summed E-state index contributed by atoms with van der Waals surface area (Å²) in [6.07, 6.45) is 2.77. The lowest BCUT2D eigenvalue weighted by molar-refractivity contribution is -0.158. The van der Waals surface area contributed by atoms with Crippen LogP contribution in [-0.2, 0) is 19.2 Å². The number of nitrogens with one attached hydrogen (secondary N) is 2. The minimum atomic E-state index is -1.14. The average Bonchev–Trinajstić information content (AvgIpc) is 3.38. The molecule has 10 nitrogen and oxygen atoms in total. The second kappa shape index (κ2) is 9.95. The molecule has 3 amide bonds. The molecule has 30 heavy (non-hydrogen) atoms. The third kappa shape index (κ3) is 5.85. The summed E-state index contributed by atoms with van der Waals surface area (Å²) in [6.45, 7) is 2.78. The molecule has 0 saturated heterocycles. The lowest BCUT2D eigenvalue weighted by Gasteiger charge is -2.15. The lowest BCUT2D eigenvalue weighted by Crippen LogP contribution is -2.47. The number of hydrogen-bond donors (Lipinski definition) is 2. The van der Waals surface area contributed by atoms with E-state index in [-0.39, 0.29) is 12.8 Å². The van der Waals surface area contributed by atoms with Crippen LogP contribution in [0.15, 0.2) is 23.4 Å². The van der Waals surface area contributed by atoms with Gasteiger partial charge in [-0.25, -0.2) is 9.59 Å². The van der Waals surface area contributed by atoms with Gasteiger partial charge in [0.15, 0.2) is 17.6 Å². The summed E-state index contributed by atoms with van der Waals surface area (Å²) in [4.78, 5) is 40.7. The highest BCUT2D eigenvalue weighted by atomic mass is 16.7. The molecule has 1 atom stereocenters. The predicted octanol–water partition coefficient (Wildman–Crippen LogP) is 1.86. The van der Waals surface area contributed by atoms with Crippen LogP contribution in [0.4, 0.5) is 4.79 Å². The van der Waals surface area contributed by atoms with E-state index >= 15 is 0 Å². The van der Waals surface area contributed by atoms with Crippen LogP contribution in [0.1, 0.15) is 45.1 Å². The van der Waals surface area contributed by atoms with Crippen LogP contribution in [-0.4, -0.2) is 49.2 Å². The molecular formula is C20H25N3O7. The summed E-state index contributed by atoms with van der Waals surface area (Å²) >= 11 is 0. The van der Waals surface area contributed by atoms with Gasteiger partial charge < -0.3 is 24.4 Å². The Morgan fingerprint density at radius 3 is 2.70 bits per heavy atom. The highest BCUT2D eigenvalue weighted by Gasteiger charge is 2.23. The molecule has 0 bridgehead atoms. The summed E-state index contributed by atoms with van der Waals surface area (Å²) in [6, 6.07) is 4.79. The Morgan fingerprint density at radius 2 is 1.93 bits per heavy atom. The van der Waals surface area contributed by atoms with Crippen molar-refractivity contribution < 1.29 is 33.4 Å². The molecule has 0 aromatic heterocycles. The number of imide groups is 1. The van der Waals surface area contributed by atoms with Crippen molar-refractivity contribution in [2.24, 2.45) is 5.16 Å². The Bertz CT molecular complexity index is 834. The smallest absolute Gasteiger partial charge is 0.347 e. The van der Waals surface area contributed by atoms with Gasteiger partial charge >= 0.3 is 12.0 Å². The van der Waals surface area contributed by atoms with Crippen LogP contribution in [0, 0.1) is 0 Å². The van der Waals surface area contributed by atoms with E-state index in [1.54, 1.807) is 25.1 Å². The minimum Gasteiger partial charge on any atom is -0.454 e. The van der Waals surface area contributed by atoms with Gasteiger partial charge in [0, 0.05) is 11.6 Å². The number of urea groups is 1. The molecule has 1 aromatic rings. The zero-order valence-corrected chi connectivity index (χ0v) is 16.9. The highest BCUT2D eigenvalue weighted by Crippen LogP contribution is 2.32. The Balaban J connectivity index is 1.39. The van der Waals surface area contributed by atoms with E-state index in [0.717, 1.165) is 31.2 Å². The van der Waals surface area contributed by atoms with Gasteiger partial charge in [0.25, 0.3) is 5.91 Å². The van der Waals surface area contributed by atoms with Crippen molar-refractivity contribution in [3.05, 3.63) is 23.8 Å². The van der Waals surface area contributed by atoms with Crippen LogP contribution >= 0.6 is 0 Å². The van der Waals surface area contributed by atoms with Gasteiger partial charge in [0.05, 0.1) is 5.71 Å². The predicted molar refractivity (Wildman–Crippen MR) is 105 cm³/mol. The van der Waals surface area contributed by atoms with E-state index < -0.39 is 30.6 Å². The molecule has 1 saturated carbocycles. The molecule has 1 aromatic carbocycles. The van der Waals surface area contributed by atoms with Gasteiger partial charge in [-0.3, -0.25) is 10.1 Å². The van der Waals surface area contributed by atoms with Crippen molar-refractivity contribution >= 4 is 23.6 Å². The SMILES string of the molecule is C/C(=N\OCC(=O)OC(C)C(=O)NC(=O)NC1CCCC1)c1ccc2c(c1)OCO2. The largest absolute Gasteiger partial charge is 0.454 e. The zero-order valence-electron chi connectivity index (χ0n) is 16.9. The van der Waals surface area contributed by atoms with E-state index in [4.69, 9.17) is 19.0 Å². The summed E-state index contributed by atoms with van der Waals surface area (Å²) < 4.78 is 15.5. The van der Waals surface area contributed by atoms with Crippen molar-refractivity contribution in [2.45, 2.75) is 51.7 Å². The third-order valence-corrected chi connectivity index (χ3v) is 4.78. The summed E-state index contributed by atoms with van der Waals surface area (Å²) in [5.41, 5.74) is 1.27. The molecule has 1 unspecified atom stereocenters. The van der Waals surface area contributed by atoms with Gasteiger partial charge in [-0.2, -0.15) is 0 Å². The molecule has 2 N–H and O–H groups in total. The molecule has 10 heteroatoms.